The molecule has 0 unspecified atom stereocenters. The quantitative estimate of drug-likeness (QED) is 0.829. The molecule has 98 valence electrons. The fraction of sp³-hybridized carbons (Fsp3) is 0.214. The fourth-order valence-electron chi connectivity index (χ4n) is 1.48. The minimum atomic E-state index is -0.603. The number of para-hydroxylation sites is 1. The maximum atomic E-state index is 11.4. The summed E-state index contributed by atoms with van der Waals surface area (Å²) in [5.41, 5.74) is 0.943. The van der Waals surface area contributed by atoms with Crippen LogP contribution in [0, 0.1) is 0 Å². The van der Waals surface area contributed by atoms with Crippen LogP contribution in [0.5, 0.6) is 0 Å². The normalized spacial score (nSPS) is 11.6. The van der Waals surface area contributed by atoms with Crippen molar-refractivity contribution in [3.8, 4) is 5.69 Å². The van der Waals surface area contributed by atoms with Gasteiger partial charge in [-0.15, -0.1) is 0 Å². The van der Waals surface area contributed by atoms with Crippen LogP contribution in [0.2, 0.25) is 0 Å². The van der Waals surface area contributed by atoms with Gasteiger partial charge in [0.1, 0.15) is 0 Å². The minimum Gasteiger partial charge on any atom is -0.445 e. The van der Waals surface area contributed by atoms with Crippen LogP contribution in [0.1, 0.15) is 13.8 Å². The third kappa shape index (κ3) is 3.77. The summed E-state index contributed by atoms with van der Waals surface area (Å²) in [6, 6.07) is 11.4. The monoisotopic (exact) mass is 257 g/mol. The van der Waals surface area contributed by atoms with Gasteiger partial charge in [-0.05, 0) is 32.0 Å². The number of aromatic nitrogens is 2. The fourth-order valence-corrected chi connectivity index (χ4v) is 1.48. The standard InChI is InChI=1S/C14H15N3O2/c1-11(2)19-14(18)16-12-8-9-17(15-10-12)13-6-4-3-5-7-13/h3-11H,1-2H3/b16-12-. The molecule has 1 amide bonds. The van der Waals surface area contributed by atoms with Gasteiger partial charge in [0.2, 0.25) is 0 Å². The van der Waals surface area contributed by atoms with E-state index in [0.29, 0.717) is 5.36 Å². The van der Waals surface area contributed by atoms with Gasteiger partial charge in [-0.1, -0.05) is 18.2 Å². The highest BCUT2D eigenvalue weighted by Gasteiger charge is 2.01. The van der Waals surface area contributed by atoms with Gasteiger partial charge in [0.25, 0.3) is 0 Å². The summed E-state index contributed by atoms with van der Waals surface area (Å²) in [7, 11) is 0. The molecule has 5 heteroatoms. The van der Waals surface area contributed by atoms with Crippen LogP contribution in [0.3, 0.4) is 0 Å². The predicted octanol–water partition coefficient (Wildman–Crippen LogP) is 2.32. The van der Waals surface area contributed by atoms with E-state index in [-0.39, 0.29) is 6.10 Å². The van der Waals surface area contributed by atoms with Crippen molar-refractivity contribution in [2.45, 2.75) is 20.0 Å². The van der Waals surface area contributed by atoms with E-state index in [1.807, 2.05) is 30.3 Å². The summed E-state index contributed by atoms with van der Waals surface area (Å²) in [6.07, 6.45) is 2.49. The Hall–Kier alpha value is -2.43. The first kappa shape index (κ1) is 13.0. The molecule has 0 radical (unpaired) electrons. The molecule has 0 atom stereocenters. The van der Waals surface area contributed by atoms with Crippen molar-refractivity contribution in [3.63, 3.8) is 0 Å². The van der Waals surface area contributed by atoms with Gasteiger partial charge in [-0.3, -0.25) is 0 Å². The summed E-state index contributed by atoms with van der Waals surface area (Å²) >= 11 is 0. The molecule has 1 heterocycles. The molecule has 0 saturated carbocycles. The van der Waals surface area contributed by atoms with Crippen LogP contribution < -0.4 is 5.36 Å². The van der Waals surface area contributed by atoms with Gasteiger partial charge < -0.3 is 4.74 Å². The van der Waals surface area contributed by atoms with Crippen molar-refractivity contribution in [1.29, 1.82) is 0 Å². The smallest absolute Gasteiger partial charge is 0.434 e. The Morgan fingerprint density at radius 2 is 2.00 bits per heavy atom. The Bertz CT molecular complexity index is 598. The average molecular weight is 257 g/mol. The molecular formula is C14H15N3O2. The number of amides is 1. The van der Waals surface area contributed by atoms with Gasteiger partial charge in [0, 0.05) is 6.20 Å². The lowest BCUT2D eigenvalue weighted by molar-refractivity contribution is 0.125. The summed E-state index contributed by atoms with van der Waals surface area (Å²) in [4.78, 5) is 15.2. The number of carbonyl (C=O) groups is 1. The number of benzene rings is 1. The second-order valence-corrected chi connectivity index (χ2v) is 4.21. The molecule has 5 nitrogen and oxygen atoms in total. The Balaban J connectivity index is 2.19. The molecule has 19 heavy (non-hydrogen) atoms. The summed E-state index contributed by atoms with van der Waals surface area (Å²) < 4.78 is 6.63. The summed E-state index contributed by atoms with van der Waals surface area (Å²) in [5.74, 6) is 0. The topological polar surface area (TPSA) is 56.5 Å². The van der Waals surface area contributed by atoms with Crippen LogP contribution in [0.25, 0.3) is 5.69 Å². The van der Waals surface area contributed by atoms with Crippen molar-refractivity contribution >= 4 is 6.09 Å². The van der Waals surface area contributed by atoms with E-state index in [4.69, 9.17) is 4.74 Å². The molecule has 0 N–H and O–H groups in total. The first-order valence-electron chi connectivity index (χ1n) is 6.01. The van der Waals surface area contributed by atoms with Crippen molar-refractivity contribution in [3.05, 3.63) is 54.1 Å². The lowest BCUT2D eigenvalue weighted by atomic mass is 10.3. The van der Waals surface area contributed by atoms with Crippen molar-refractivity contribution in [2.75, 3.05) is 0 Å². The zero-order chi connectivity index (χ0) is 13.7. The Morgan fingerprint density at radius 1 is 1.26 bits per heavy atom. The first-order chi connectivity index (χ1) is 9.15. The summed E-state index contributed by atoms with van der Waals surface area (Å²) in [6.45, 7) is 3.56. The molecule has 0 spiro atoms. The van der Waals surface area contributed by atoms with Gasteiger partial charge >= 0.3 is 6.09 Å². The van der Waals surface area contributed by atoms with E-state index in [1.54, 1.807) is 30.8 Å². The van der Waals surface area contributed by atoms with E-state index in [1.165, 1.54) is 6.20 Å². The van der Waals surface area contributed by atoms with Crippen molar-refractivity contribution < 1.29 is 9.53 Å². The summed E-state index contributed by atoms with van der Waals surface area (Å²) in [5, 5.41) is 4.67. The number of hydrogen-bond acceptors (Lipinski definition) is 3. The van der Waals surface area contributed by atoms with Crippen LogP contribution in [0.15, 0.2) is 53.8 Å². The van der Waals surface area contributed by atoms with Crippen LogP contribution in [-0.4, -0.2) is 22.0 Å². The predicted molar refractivity (Wildman–Crippen MR) is 70.7 cm³/mol. The maximum absolute atomic E-state index is 11.4. The van der Waals surface area contributed by atoms with Crippen LogP contribution >= 0.6 is 0 Å². The van der Waals surface area contributed by atoms with E-state index in [2.05, 4.69) is 10.1 Å². The van der Waals surface area contributed by atoms with Crippen molar-refractivity contribution in [2.24, 2.45) is 4.99 Å². The zero-order valence-corrected chi connectivity index (χ0v) is 10.9. The highest BCUT2D eigenvalue weighted by molar-refractivity contribution is 5.68. The number of rotatable bonds is 2. The Kier molecular flexibility index (Phi) is 4.07. The third-order valence-electron chi connectivity index (χ3n) is 2.28. The molecule has 2 rings (SSSR count). The number of carbonyl (C=O) groups excluding carboxylic acids is 1. The van der Waals surface area contributed by atoms with Gasteiger partial charge in [0.15, 0.2) is 0 Å². The van der Waals surface area contributed by atoms with E-state index in [9.17, 15) is 4.79 Å². The molecule has 0 aliphatic carbocycles. The lowest BCUT2D eigenvalue weighted by Gasteiger charge is -2.04. The largest absolute Gasteiger partial charge is 0.445 e. The molecule has 0 fully saturated rings. The first-order valence-corrected chi connectivity index (χ1v) is 6.01. The van der Waals surface area contributed by atoms with Gasteiger partial charge in [0.05, 0.1) is 23.3 Å². The average Bonchev–Trinajstić information content (AvgIpc) is 2.39. The highest BCUT2D eigenvalue weighted by atomic mass is 16.6. The van der Waals surface area contributed by atoms with Crippen LogP contribution in [-0.2, 0) is 4.74 Å². The number of hydrogen-bond donors (Lipinski definition) is 0. The molecule has 1 aromatic heterocycles. The van der Waals surface area contributed by atoms with Crippen molar-refractivity contribution in [1.82, 2.24) is 9.78 Å². The highest BCUT2D eigenvalue weighted by Crippen LogP contribution is 2.02. The molecule has 2 aromatic rings. The van der Waals surface area contributed by atoms with E-state index >= 15 is 0 Å². The SMILES string of the molecule is CC(C)OC(=O)/N=c1/ccn(-c2ccccc2)nc1. The molecule has 0 bridgehead atoms. The number of nitrogens with zero attached hydrogens (tertiary/aromatic N) is 3. The molecule has 0 aliphatic heterocycles. The lowest BCUT2D eigenvalue weighted by Crippen LogP contribution is -2.14. The van der Waals surface area contributed by atoms with Gasteiger partial charge in [-0.25, -0.2) is 9.48 Å². The minimum absolute atomic E-state index is 0.179. The van der Waals surface area contributed by atoms with E-state index < -0.39 is 6.09 Å². The molecule has 1 aromatic carbocycles. The number of ether oxygens (including phenoxy) is 1. The molecular weight excluding hydrogens is 242 g/mol. The third-order valence-corrected chi connectivity index (χ3v) is 2.28. The maximum Gasteiger partial charge on any atom is 0.434 e. The second kappa shape index (κ2) is 5.95. The molecule has 0 saturated heterocycles. The Labute approximate surface area is 111 Å². The second-order valence-electron chi connectivity index (χ2n) is 4.21. The molecule has 0 aliphatic rings. The van der Waals surface area contributed by atoms with Crippen LogP contribution in [0.4, 0.5) is 4.79 Å². The zero-order valence-electron chi connectivity index (χ0n) is 10.9. The van der Waals surface area contributed by atoms with E-state index in [0.717, 1.165) is 5.69 Å². The Morgan fingerprint density at radius 3 is 2.58 bits per heavy atom. The van der Waals surface area contributed by atoms with Gasteiger partial charge in [-0.2, -0.15) is 10.1 Å².